The summed E-state index contributed by atoms with van der Waals surface area (Å²) < 4.78 is 38.0. The van der Waals surface area contributed by atoms with Crippen molar-refractivity contribution in [2.24, 2.45) is 4.99 Å². The van der Waals surface area contributed by atoms with E-state index in [1.807, 2.05) is 11.8 Å². The van der Waals surface area contributed by atoms with E-state index in [1.54, 1.807) is 0 Å². The number of benzene rings is 1. The maximum absolute atomic E-state index is 12.7. The van der Waals surface area contributed by atoms with E-state index in [4.69, 9.17) is 0 Å². The number of amides is 1. The molecule has 0 fully saturated rings. The first-order chi connectivity index (χ1) is 10.4. The molecule has 0 saturated heterocycles. The number of allylic oxidation sites excluding steroid dienone is 1. The molecule has 2 aliphatic heterocycles. The third-order valence-corrected chi connectivity index (χ3v) is 4.60. The molecule has 0 unspecified atom stereocenters. The molecular weight excluding hydrogens is 351 g/mol. The maximum Gasteiger partial charge on any atom is 0.416 e. The molecule has 2 heterocycles. The van der Waals surface area contributed by atoms with Crippen LogP contribution in [-0.2, 0) is 11.0 Å². The van der Waals surface area contributed by atoms with Crippen LogP contribution in [0.3, 0.4) is 0 Å². The lowest BCUT2D eigenvalue weighted by Crippen LogP contribution is -2.20. The van der Waals surface area contributed by atoms with Crippen LogP contribution in [0.1, 0.15) is 12.5 Å². The topological polar surface area (TPSA) is 44.7 Å². The van der Waals surface area contributed by atoms with Gasteiger partial charge in [-0.3, -0.25) is 9.79 Å². The number of nitrogens with one attached hydrogen (secondary N) is 1. The van der Waals surface area contributed by atoms with Crippen molar-refractivity contribution in [3.05, 3.63) is 40.4 Å². The standard InChI is InChI=1S/C14H12F3N3OS.ClH/c1-8-11(22-13-18-5-6-20(8)13)12(21)19-10-4-2-3-9(7-10)14(15,16)17;/h2-4,7H,5-6H2,1H3,(H,19,21);1H. The summed E-state index contributed by atoms with van der Waals surface area (Å²) in [7, 11) is 0. The first-order valence-electron chi connectivity index (χ1n) is 6.55. The van der Waals surface area contributed by atoms with E-state index in [2.05, 4.69) is 10.3 Å². The van der Waals surface area contributed by atoms with E-state index >= 15 is 0 Å². The van der Waals surface area contributed by atoms with Gasteiger partial charge in [-0.15, -0.1) is 12.4 Å². The first-order valence-corrected chi connectivity index (χ1v) is 7.37. The summed E-state index contributed by atoms with van der Waals surface area (Å²) in [6, 6.07) is 4.59. The molecule has 0 atom stereocenters. The number of carbonyl (C=O) groups is 1. The number of rotatable bonds is 2. The first kappa shape index (κ1) is 17.7. The van der Waals surface area contributed by atoms with Crippen molar-refractivity contribution >= 4 is 40.9 Å². The molecule has 0 bridgehead atoms. The molecule has 0 spiro atoms. The van der Waals surface area contributed by atoms with Crippen LogP contribution in [0.2, 0.25) is 0 Å². The van der Waals surface area contributed by atoms with Crippen molar-refractivity contribution < 1.29 is 18.0 Å². The van der Waals surface area contributed by atoms with Crippen molar-refractivity contribution in [2.75, 3.05) is 18.4 Å². The highest BCUT2D eigenvalue weighted by Crippen LogP contribution is 2.37. The van der Waals surface area contributed by atoms with Crippen LogP contribution < -0.4 is 5.32 Å². The lowest BCUT2D eigenvalue weighted by Gasteiger charge is -2.12. The Morgan fingerprint density at radius 2 is 2.13 bits per heavy atom. The highest BCUT2D eigenvalue weighted by atomic mass is 35.5. The van der Waals surface area contributed by atoms with Gasteiger partial charge in [0.15, 0.2) is 5.17 Å². The van der Waals surface area contributed by atoms with Gasteiger partial charge >= 0.3 is 6.18 Å². The van der Waals surface area contributed by atoms with Crippen LogP contribution in [0.4, 0.5) is 18.9 Å². The number of thioether (sulfide) groups is 1. The number of amidine groups is 1. The van der Waals surface area contributed by atoms with Crippen molar-refractivity contribution in [2.45, 2.75) is 13.1 Å². The second-order valence-electron chi connectivity index (χ2n) is 4.87. The quantitative estimate of drug-likeness (QED) is 0.871. The number of hydrogen-bond acceptors (Lipinski definition) is 4. The zero-order chi connectivity index (χ0) is 15.9. The minimum atomic E-state index is -4.44. The van der Waals surface area contributed by atoms with Gasteiger partial charge in [-0.25, -0.2) is 0 Å². The fourth-order valence-electron chi connectivity index (χ4n) is 2.28. The lowest BCUT2D eigenvalue weighted by molar-refractivity contribution is -0.137. The largest absolute Gasteiger partial charge is 0.416 e. The van der Waals surface area contributed by atoms with Crippen LogP contribution in [0, 0.1) is 0 Å². The zero-order valence-electron chi connectivity index (χ0n) is 12.0. The summed E-state index contributed by atoms with van der Waals surface area (Å²) >= 11 is 1.25. The maximum atomic E-state index is 12.7. The van der Waals surface area contributed by atoms with E-state index in [0.717, 1.165) is 29.5 Å². The Morgan fingerprint density at radius 3 is 2.78 bits per heavy atom. The number of anilines is 1. The van der Waals surface area contributed by atoms with Gasteiger partial charge in [0, 0.05) is 17.9 Å². The number of alkyl halides is 3. The second-order valence-corrected chi connectivity index (χ2v) is 5.84. The summed E-state index contributed by atoms with van der Waals surface area (Å²) in [5, 5.41) is 3.29. The monoisotopic (exact) mass is 363 g/mol. The Hall–Kier alpha value is -1.67. The van der Waals surface area contributed by atoms with Crippen LogP contribution in [-0.4, -0.2) is 29.1 Å². The highest BCUT2D eigenvalue weighted by Gasteiger charge is 2.33. The Balaban J connectivity index is 0.00000192. The van der Waals surface area contributed by atoms with E-state index in [0.29, 0.717) is 11.4 Å². The fourth-order valence-corrected chi connectivity index (χ4v) is 3.36. The zero-order valence-corrected chi connectivity index (χ0v) is 13.6. The van der Waals surface area contributed by atoms with Gasteiger partial charge in [-0.2, -0.15) is 13.2 Å². The average molecular weight is 364 g/mol. The molecule has 1 aromatic carbocycles. The van der Waals surface area contributed by atoms with Gasteiger partial charge in [0.25, 0.3) is 5.91 Å². The van der Waals surface area contributed by atoms with Gasteiger partial charge < -0.3 is 10.2 Å². The second kappa shape index (κ2) is 6.45. The van der Waals surface area contributed by atoms with Crippen molar-refractivity contribution in [3.63, 3.8) is 0 Å². The Labute approximate surface area is 141 Å². The predicted octanol–water partition coefficient (Wildman–Crippen LogP) is 3.72. The summed E-state index contributed by atoms with van der Waals surface area (Å²) in [4.78, 5) is 18.9. The van der Waals surface area contributed by atoms with E-state index in [-0.39, 0.29) is 18.1 Å². The molecule has 2 aliphatic rings. The summed E-state index contributed by atoms with van der Waals surface area (Å²) in [5.74, 6) is -0.418. The normalized spacial score (nSPS) is 16.9. The fraction of sp³-hybridized carbons (Fsp3) is 0.286. The molecule has 1 N–H and O–H groups in total. The molecular formula is C14H13ClF3N3OS. The van der Waals surface area contributed by atoms with Gasteiger partial charge in [-0.1, -0.05) is 6.07 Å². The Morgan fingerprint density at radius 1 is 1.39 bits per heavy atom. The molecule has 3 rings (SSSR count). The van der Waals surface area contributed by atoms with E-state index in [1.165, 1.54) is 23.9 Å². The van der Waals surface area contributed by atoms with E-state index < -0.39 is 17.6 Å². The molecule has 124 valence electrons. The smallest absolute Gasteiger partial charge is 0.322 e. The third kappa shape index (κ3) is 3.48. The van der Waals surface area contributed by atoms with Gasteiger partial charge in [0.05, 0.1) is 17.0 Å². The average Bonchev–Trinajstić information content (AvgIpc) is 3.01. The van der Waals surface area contributed by atoms with Gasteiger partial charge in [-0.05, 0) is 36.9 Å². The number of fused-ring (bicyclic) bond motifs is 1. The Kier molecular flexibility index (Phi) is 4.95. The van der Waals surface area contributed by atoms with Crippen LogP contribution >= 0.6 is 24.2 Å². The van der Waals surface area contributed by atoms with Gasteiger partial charge in [0.2, 0.25) is 0 Å². The number of aliphatic imine (C=N–C) groups is 1. The molecule has 0 aliphatic carbocycles. The molecule has 1 aromatic rings. The van der Waals surface area contributed by atoms with Crippen LogP contribution in [0.25, 0.3) is 0 Å². The Bertz CT molecular complexity index is 703. The molecule has 1 amide bonds. The molecule has 0 aromatic heterocycles. The summed E-state index contributed by atoms with van der Waals surface area (Å²) in [6.07, 6.45) is -4.44. The van der Waals surface area contributed by atoms with E-state index in [9.17, 15) is 18.0 Å². The van der Waals surface area contributed by atoms with Crippen molar-refractivity contribution in [1.29, 1.82) is 0 Å². The highest BCUT2D eigenvalue weighted by molar-refractivity contribution is 8.18. The molecule has 23 heavy (non-hydrogen) atoms. The minimum Gasteiger partial charge on any atom is -0.322 e. The lowest BCUT2D eigenvalue weighted by atomic mass is 10.2. The van der Waals surface area contributed by atoms with Crippen molar-refractivity contribution in [3.8, 4) is 0 Å². The number of nitrogens with zero attached hydrogens (tertiary/aromatic N) is 2. The molecule has 0 saturated carbocycles. The van der Waals surface area contributed by atoms with Crippen LogP contribution in [0.5, 0.6) is 0 Å². The summed E-state index contributed by atoms with van der Waals surface area (Å²) in [5.41, 5.74) is 0.112. The van der Waals surface area contributed by atoms with Crippen LogP contribution in [0.15, 0.2) is 39.9 Å². The number of carbonyl (C=O) groups excluding carboxylic acids is 1. The SMILES string of the molecule is CC1=C(C(=O)Nc2cccc(C(F)(F)F)c2)SC2=NCCN21.Cl. The number of hydrogen-bond donors (Lipinski definition) is 1. The summed E-state index contributed by atoms with van der Waals surface area (Å²) in [6.45, 7) is 3.23. The molecule has 9 heteroatoms. The molecule has 4 nitrogen and oxygen atoms in total. The predicted molar refractivity (Wildman–Crippen MR) is 86.6 cm³/mol. The van der Waals surface area contributed by atoms with Crippen molar-refractivity contribution in [1.82, 2.24) is 4.90 Å². The van der Waals surface area contributed by atoms with Gasteiger partial charge in [0.1, 0.15) is 0 Å². The molecule has 0 radical (unpaired) electrons. The number of halogens is 4. The minimum absolute atomic E-state index is 0. The third-order valence-electron chi connectivity index (χ3n) is 3.38.